The molecule has 0 spiro atoms. The summed E-state index contributed by atoms with van der Waals surface area (Å²) >= 11 is 0. The number of nitrogens with two attached hydrogens (primary N) is 1. The van der Waals surface area contributed by atoms with E-state index in [1.165, 1.54) is 0 Å². The molecule has 0 aromatic heterocycles. The second-order valence-electron chi connectivity index (χ2n) is 3.08. The van der Waals surface area contributed by atoms with E-state index in [2.05, 4.69) is 0 Å². The van der Waals surface area contributed by atoms with Crippen molar-refractivity contribution in [1.82, 2.24) is 0 Å². The van der Waals surface area contributed by atoms with Gasteiger partial charge >= 0.3 is 5.97 Å². The van der Waals surface area contributed by atoms with Gasteiger partial charge in [0, 0.05) is 12.3 Å². The molecule has 1 rings (SSSR count). The minimum absolute atomic E-state index is 0.0390. The standard InChI is InChI=1S/C11H15NO3/c1-3-14-7-15-11(13)9-6-4-5-8(2)10(9)12/h4-6H,3,7,12H2,1-2H3. The fourth-order valence-corrected chi connectivity index (χ4v) is 1.11. The lowest BCUT2D eigenvalue weighted by molar-refractivity contribution is -0.0273. The molecule has 0 saturated heterocycles. The lowest BCUT2D eigenvalue weighted by atomic mass is 10.1. The van der Waals surface area contributed by atoms with Crippen molar-refractivity contribution in [3.05, 3.63) is 29.3 Å². The third-order valence-electron chi connectivity index (χ3n) is 2.02. The van der Waals surface area contributed by atoms with Crippen LogP contribution in [0.1, 0.15) is 22.8 Å². The first-order valence-corrected chi connectivity index (χ1v) is 4.76. The molecule has 0 heterocycles. The summed E-state index contributed by atoms with van der Waals surface area (Å²) in [7, 11) is 0. The van der Waals surface area contributed by atoms with Gasteiger partial charge in [-0.25, -0.2) is 4.79 Å². The van der Waals surface area contributed by atoms with Gasteiger partial charge in [0.1, 0.15) is 0 Å². The van der Waals surface area contributed by atoms with E-state index in [4.69, 9.17) is 15.2 Å². The van der Waals surface area contributed by atoms with Gasteiger partial charge in [0.15, 0.2) is 6.79 Å². The maximum absolute atomic E-state index is 11.5. The number of ether oxygens (including phenoxy) is 2. The highest BCUT2D eigenvalue weighted by Gasteiger charge is 2.11. The lowest BCUT2D eigenvalue weighted by Crippen LogP contribution is -2.11. The first-order valence-electron chi connectivity index (χ1n) is 4.76. The molecule has 82 valence electrons. The summed E-state index contributed by atoms with van der Waals surface area (Å²) in [6.45, 7) is 4.14. The molecule has 0 aliphatic carbocycles. The van der Waals surface area contributed by atoms with Gasteiger partial charge in [-0.3, -0.25) is 0 Å². The van der Waals surface area contributed by atoms with E-state index >= 15 is 0 Å². The number of hydrogen-bond acceptors (Lipinski definition) is 4. The highest BCUT2D eigenvalue weighted by atomic mass is 16.7. The summed E-state index contributed by atoms with van der Waals surface area (Å²) in [5.41, 5.74) is 7.45. The average Bonchev–Trinajstić information content (AvgIpc) is 2.22. The van der Waals surface area contributed by atoms with Crippen LogP contribution in [0.3, 0.4) is 0 Å². The van der Waals surface area contributed by atoms with Crippen LogP contribution in [0.4, 0.5) is 5.69 Å². The Labute approximate surface area is 89.0 Å². The van der Waals surface area contributed by atoms with Crippen molar-refractivity contribution >= 4 is 11.7 Å². The first-order chi connectivity index (χ1) is 7.16. The first kappa shape index (κ1) is 11.5. The molecule has 0 bridgehead atoms. The summed E-state index contributed by atoms with van der Waals surface area (Å²) in [6, 6.07) is 5.24. The molecule has 0 aliphatic heterocycles. The van der Waals surface area contributed by atoms with E-state index in [-0.39, 0.29) is 6.79 Å². The zero-order chi connectivity index (χ0) is 11.3. The number of para-hydroxylation sites is 1. The van der Waals surface area contributed by atoms with Crippen LogP contribution >= 0.6 is 0 Å². The predicted molar refractivity (Wildman–Crippen MR) is 57.5 cm³/mol. The Morgan fingerprint density at radius 2 is 2.20 bits per heavy atom. The van der Waals surface area contributed by atoms with Crippen LogP contribution < -0.4 is 5.73 Å². The van der Waals surface area contributed by atoms with Crippen molar-refractivity contribution in [2.75, 3.05) is 19.1 Å². The number of carbonyl (C=O) groups excluding carboxylic acids is 1. The van der Waals surface area contributed by atoms with Crippen molar-refractivity contribution in [1.29, 1.82) is 0 Å². The highest BCUT2D eigenvalue weighted by molar-refractivity contribution is 5.95. The molecular formula is C11H15NO3. The molecule has 2 N–H and O–H groups in total. The molecule has 1 aromatic carbocycles. The predicted octanol–water partition coefficient (Wildman–Crippen LogP) is 1.73. The topological polar surface area (TPSA) is 61.5 Å². The number of aryl methyl sites for hydroxylation is 1. The molecule has 0 radical (unpaired) electrons. The SMILES string of the molecule is CCOCOC(=O)c1cccc(C)c1N. The second-order valence-corrected chi connectivity index (χ2v) is 3.08. The van der Waals surface area contributed by atoms with Crippen LogP contribution in [0.15, 0.2) is 18.2 Å². The molecule has 4 heteroatoms. The Kier molecular flexibility index (Phi) is 4.12. The summed E-state index contributed by atoms with van der Waals surface area (Å²) in [5.74, 6) is -0.454. The maximum atomic E-state index is 11.5. The van der Waals surface area contributed by atoms with E-state index in [1.807, 2.05) is 19.9 Å². The van der Waals surface area contributed by atoms with E-state index in [1.54, 1.807) is 12.1 Å². The molecule has 0 unspecified atom stereocenters. The minimum atomic E-state index is -0.454. The van der Waals surface area contributed by atoms with E-state index in [0.29, 0.717) is 17.9 Å². The minimum Gasteiger partial charge on any atom is -0.435 e. The zero-order valence-electron chi connectivity index (χ0n) is 8.95. The number of rotatable bonds is 4. The molecule has 4 nitrogen and oxygen atoms in total. The van der Waals surface area contributed by atoms with Gasteiger partial charge in [0.05, 0.1) is 5.56 Å². The third-order valence-corrected chi connectivity index (χ3v) is 2.02. The smallest absolute Gasteiger partial charge is 0.342 e. The molecule has 0 amide bonds. The quantitative estimate of drug-likeness (QED) is 0.355. The number of carbonyl (C=O) groups is 1. The van der Waals surface area contributed by atoms with E-state index in [0.717, 1.165) is 5.56 Å². The normalized spacial score (nSPS) is 10.0. The molecule has 0 aliphatic rings. The summed E-state index contributed by atoms with van der Waals surface area (Å²) < 4.78 is 9.78. The average molecular weight is 209 g/mol. The van der Waals surface area contributed by atoms with Crippen molar-refractivity contribution in [2.45, 2.75) is 13.8 Å². The van der Waals surface area contributed by atoms with Gasteiger partial charge in [-0.1, -0.05) is 12.1 Å². The molecule has 0 saturated carbocycles. The number of anilines is 1. The van der Waals surface area contributed by atoms with Crippen LogP contribution in [0, 0.1) is 6.92 Å². The lowest BCUT2D eigenvalue weighted by Gasteiger charge is -2.08. The number of esters is 1. The van der Waals surface area contributed by atoms with E-state index in [9.17, 15) is 4.79 Å². The van der Waals surface area contributed by atoms with Crippen molar-refractivity contribution < 1.29 is 14.3 Å². The molecule has 0 atom stereocenters. The van der Waals surface area contributed by atoms with Crippen LogP contribution in [0.5, 0.6) is 0 Å². The Morgan fingerprint density at radius 3 is 2.87 bits per heavy atom. The number of nitrogen functional groups attached to an aromatic ring is 1. The van der Waals surface area contributed by atoms with Gasteiger partial charge in [0.25, 0.3) is 0 Å². The van der Waals surface area contributed by atoms with Crippen molar-refractivity contribution in [2.24, 2.45) is 0 Å². The summed E-state index contributed by atoms with van der Waals surface area (Å²) in [5, 5.41) is 0. The van der Waals surface area contributed by atoms with Gasteiger partial charge in [-0.15, -0.1) is 0 Å². The van der Waals surface area contributed by atoms with Crippen LogP contribution in [0.2, 0.25) is 0 Å². The van der Waals surface area contributed by atoms with Crippen LogP contribution in [-0.2, 0) is 9.47 Å². The summed E-state index contributed by atoms with van der Waals surface area (Å²) in [6.07, 6.45) is 0. The number of benzene rings is 1. The Hall–Kier alpha value is -1.55. The Balaban J connectivity index is 2.69. The van der Waals surface area contributed by atoms with Gasteiger partial charge < -0.3 is 15.2 Å². The van der Waals surface area contributed by atoms with Crippen molar-refractivity contribution in [3.63, 3.8) is 0 Å². The molecular weight excluding hydrogens is 194 g/mol. The Morgan fingerprint density at radius 1 is 1.47 bits per heavy atom. The van der Waals surface area contributed by atoms with Crippen LogP contribution in [0.25, 0.3) is 0 Å². The maximum Gasteiger partial charge on any atom is 0.342 e. The Bertz CT molecular complexity index is 350. The number of hydrogen-bond donors (Lipinski definition) is 1. The van der Waals surface area contributed by atoms with Gasteiger partial charge in [-0.2, -0.15) is 0 Å². The van der Waals surface area contributed by atoms with E-state index < -0.39 is 5.97 Å². The highest BCUT2D eigenvalue weighted by Crippen LogP contribution is 2.17. The monoisotopic (exact) mass is 209 g/mol. The molecule has 1 aromatic rings. The van der Waals surface area contributed by atoms with Gasteiger partial charge in [0.2, 0.25) is 0 Å². The van der Waals surface area contributed by atoms with Gasteiger partial charge in [-0.05, 0) is 25.5 Å². The third kappa shape index (κ3) is 2.95. The fourth-order valence-electron chi connectivity index (χ4n) is 1.11. The fraction of sp³-hybridized carbons (Fsp3) is 0.364. The second kappa shape index (κ2) is 5.36. The summed E-state index contributed by atoms with van der Waals surface area (Å²) in [4.78, 5) is 11.5. The zero-order valence-corrected chi connectivity index (χ0v) is 8.95. The van der Waals surface area contributed by atoms with Crippen molar-refractivity contribution in [3.8, 4) is 0 Å². The largest absolute Gasteiger partial charge is 0.435 e. The van der Waals surface area contributed by atoms with Crippen LogP contribution in [-0.4, -0.2) is 19.4 Å². The molecule has 15 heavy (non-hydrogen) atoms. The molecule has 0 fully saturated rings.